The number of likely N-dealkylation sites (tertiary alicyclic amines) is 1. The summed E-state index contributed by atoms with van der Waals surface area (Å²) in [5.74, 6) is 0.0298. The highest BCUT2D eigenvalue weighted by Crippen LogP contribution is 2.18. The molecule has 1 heterocycles. The van der Waals surface area contributed by atoms with Crippen LogP contribution in [0.2, 0.25) is 0 Å². The van der Waals surface area contributed by atoms with Crippen molar-refractivity contribution in [1.82, 2.24) is 4.90 Å². The quantitative estimate of drug-likeness (QED) is 0.848. The van der Waals surface area contributed by atoms with E-state index in [9.17, 15) is 4.79 Å². The molecule has 1 aromatic carbocycles. The van der Waals surface area contributed by atoms with Gasteiger partial charge in [0.05, 0.1) is 5.56 Å². The first-order valence-electron chi connectivity index (χ1n) is 6.23. The molecule has 3 nitrogen and oxygen atoms in total. The molecular formula is C14H19NO2. The summed E-state index contributed by atoms with van der Waals surface area (Å²) >= 11 is 0. The van der Waals surface area contributed by atoms with Crippen molar-refractivity contribution in [1.29, 1.82) is 0 Å². The molecule has 0 bridgehead atoms. The number of rotatable bonds is 5. The highest BCUT2D eigenvalue weighted by Gasteiger charge is 2.23. The van der Waals surface area contributed by atoms with Gasteiger partial charge in [0.1, 0.15) is 0 Å². The number of hydrogen-bond donors (Lipinski definition) is 1. The third-order valence-corrected chi connectivity index (χ3v) is 3.50. The van der Waals surface area contributed by atoms with Crippen LogP contribution in [0.15, 0.2) is 24.3 Å². The van der Waals surface area contributed by atoms with Gasteiger partial charge in [-0.2, -0.15) is 0 Å². The van der Waals surface area contributed by atoms with Crippen molar-refractivity contribution in [2.24, 2.45) is 5.92 Å². The smallest absolute Gasteiger partial charge is 0.335 e. The summed E-state index contributed by atoms with van der Waals surface area (Å²) < 4.78 is 0. The van der Waals surface area contributed by atoms with Crippen LogP contribution in [0.1, 0.15) is 29.3 Å². The Morgan fingerprint density at radius 3 is 2.88 bits per heavy atom. The third kappa shape index (κ3) is 3.07. The third-order valence-electron chi connectivity index (χ3n) is 3.50. The molecule has 0 unspecified atom stereocenters. The van der Waals surface area contributed by atoms with Crippen LogP contribution in [-0.2, 0) is 6.42 Å². The Bertz CT molecular complexity index is 397. The monoisotopic (exact) mass is 233 g/mol. The number of carboxylic acid groups (broad SMARTS) is 1. The van der Waals surface area contributed by atoms with Crippen LogP contribution in [0.5, 0.6) is 0 Å². The molecule has 0 aromatic heterocycles. The van der Waals surface area contributed by atoms with Crippen LogP contribution in [0.4, 0.5) is 0 Å². The van der Waals surface area contributed by atoms with Crippen molar-refractivity contribution in [3.8, 4) is 0 Å². The Morgan fingerprint density at radius 1 is 1.47 bits per heavy atom. The second kappa shape index (κ2) is 5.32. The van der Waals surface area contributed by atoms with Gasteiger partial charge in [0.25, 0.3) is 0 Å². The standard InChI is InChI=1S/C14H19NO2/c1-2-11-9-15(10-11)7-6-12-4-3-5-13(8-12)14(16)17/h3-5,8,11H,2,6-7,9-10H2,1H3,(H,16,17). The van der Waals surface area contributed by atoms with Gasteiger partial charge in [0.2, 0.25) is 0 Å². The van der Waals surface area contributed by atoms with E-state index < -0.39 is 5.97 Å². The zero-order chi connectivity index (χ0) is 12.3. The highest BCUT2D eigenvalue weighted by atomic mass is 16.4. The van der Waals surface area contributed by atoms with E-state index in [2.05, 4.69) is 11.8 Å². The molecule has 17 heavy (non-hydrogen) atoms. The maximum absolute atomic E-state index is 10.8. The number of aromatic carboxylic acids is 1. The predicted molar refractivity (Wildman–Crippen MR) is 67.3 cm³/mol. The molecule has 0 atom stereocenters. The lowest BCUT2D eigenvalue weighted by molar-refractivity contribution is 0.0696. The van der Waals surface area contributed by atoms with Gasteiger partial charge in [-0.25, -0.2) is 4.79 Å². The van der Waals surface area contributed by atoms with Crippen molar-refractivity contribution in [3.05, 3.63) is 35.4 Å². The average Bonchev–Trinajstić information content (AvgIpc) is 2.27. The molecular weight excluding hydrogens is 214 g/mol. The summed E-state index contributed by atoms with van der Waals surface area (Å²) in [4.78, 5) is 13.3. The summed E-state index contributed by atoms with van der Waals surface area (Å²) in [7, 11) is 0. The van der Waals surface area contributed by atoms with E-state index in [-0.39, 0.29) is 0 Å². The van der Waals surface area contributed by atoms with Crippen LogP contribution >= 0.6 is 0 Å². The highest BCUT2D eigenvalue weighted by molar-refractivity contribution is 5.87. The van der Waals surface area contributed by atoms with Crippen LogP contribution < -0.4 is 0 Å². The zero-order valence-corrected chi connectivity index (χ0v) is 10.2. The SMILES string of the molecule is CCC1CN(CCc2cccc(C(=O)O)c2)C1. The molecule has 1 aliphatic rings. The first-order chi connectivity index (χ1) is 8.19. The second-order valence-electron chi connectivity index (χ2n) is 4.79. The maximum Gasteiger partial charge on any atom is 0.335 e. The van der Waals surface area contributed by atoms with Crippen molar-refractivity contribution >= 4 is 5.97 Å². The summed E-state index contributed by atoms with van der Waals surface area (Å²) in [6.45, 7) is 5.68. The first-order valence-corrected chi connectivity index (χ1v) is 6.23. The lowest BCUT2D eigenvalue weighted by Crippen LogP contribution is -2.46. The van der Waals surface area contributed by atoms with E-state index in [1.807, 2.05) is 12.1 Å². The topological polar surface area (TPSA) is 40.5 Å². The fourth-order valence-electron chi connectivity index (χ4n) is 2.26. The number of carbonyl (C=O) groups is 1. The molecule has 0 saturated carbocycles. The number of carboxylic acids is 1. The molecule has 1 saturated heterocycles. The van der Waals surface area contributed by atoms with Gasteiger partial charge in [0, 0.05) is 19.6 Å². The van der Waals surface area contributed by atoms with E-state index in [1.54, 1.807) is 12.1 Å². The Kier molecular flexibility index (Phi) is 3.79. The van der Waals surface area contributed by atoms with Crippen LogP contribution in [0.3, 0.4) is 0 Å². The molecule has 1 aliphatic heterocycles. The van der Waals surface area contributed by atoms with E-state index in [0.29, 0.717) is 5.56 Å². The van der Waals surface area contributed by atoms with Crippen molar-refractivity contribution in [2.45, 2.75) is 19.8 Å². The van der Waals surface area contributed by atoms with Crippen LogP contribution in [-0.4, -0.2) is 35.6 Å². The Balaban J connectivity index is 1.83. The molecule has 3 heteroatoms. The summed E-state index contributed by atoms with van der Waals surface area (Å²) in [6.07, 6.45) is 2.21. The van der Waals surface area contributed by atoms with Gasteiger partial charge >= 0.3 is 5.97 Å². The van der Waals surface area contributed by atoms with E-state index >= 15 is 0 Å². The van der Waals surface area contributed by atoms with Gasteiger partial charge in [-0.3, -0.25) is 0 Å². The molecule has 92 valence electrons. The van der Waals surface area contributed by atoms with Crippen molar-refractivity contribution in [3.63, 3.8) is 0 Å². The maximum atomic E-state index is 10.8. The van der Waals surface area contributed by atoms with E-state index in [4.69, 9.17) is 5.11 Å². The molecule has 1 N–H and O–H groups in total. The van der Waals surface area contributed by atoms with Gasteiger partial charge in [-0.05, 0) is 30.0 Å². The lowest BCUT2D eigenvalue weighted by atomic mass is 9.96. The number of hydrogen-bond acceptors (Lipinski definition) is 2. The minimum absolute atomic E-state index is 0.387. The Labute approximate surface area is 102 Å². The predicted octanol–water partition coefficient (Wildman–Crippen LogP) is 2.27. The fraction of sp³-hybridized carbons (Fsp3) is 0.500. The summed E-state index contributed by atoms with van der Waals surface area (Å²) in [6, 6.07) is 7.25. The normalized spacial score (nSPS) is 16.8. The van der Waals surface area contributed by atoms with Gasteiger partial charge < -0.3 is 10.0 Å². The van der Waals surface area contributed by atoms with Crippen LogP contribution in [0, 0.1) is 5.92 Å². The largest absolute Gasteiger partial charge is 0.478 e. The second-order valence-corrected chi connectivity index (χ2v) is 4.79. The van der Waals surface area contributed by atoms with E-state index in [1.165, 1.54) is 19.5 Å². The molecule has 1 aromatic rings. The van der Waals surface area contributed by atoms with Gasteiger partial charge in [-0.1, -0.05) is 25.5 Å². The average molecular weight is 233 g/mol. The van der Waals surface area contributed by atoms with Gasteiger partial charge in [0.15, 0.2) is 0 Å². The molecule has 0 radical (unpaired) electrons. The molecule has 2 rings (SSSR count). The zero-order valence-electron chi connectivity index (χ0n) is 10.2. The number of benzene rings is 1. The molecule has 0 aliphatic carbocycles. The first kappa shape index (κ1) is 12.1. The lowest BCUT2D eigenvalue weighted by Gasteiger charge is -2.38. The minimum Gasteiger partial charge on any atom is -0.478 e. The van der Waals surface area contributed by atoms with Crippen molar-refractivity contribution < 1.29 is 9.90 Å². The molecule has 0 spiro atoms. The fourth-order valence-corrected chi connectivity index (χ4v) is 2.26. The Morgan fingerprint density at radius 2 is 2.24 bits per heavy atom. The van der Waals surface area contributed by atoms with Gasteiger partial charge in [-0.15, -0.1) is 0 Å². The Hall–Kier alpha value is -1.35. The molecule has 0 amide bonds. The number of nitrogens with zero attached hydrogens (tertiary/aromatic N) is 1. The van der Waals surface area contributed by atoms with E-state index in [0.717, 1.165) is 24.4 Å². The summed E-state index contributed by atoms with van der Waals surface area (Å²) in [5.41, 5.74) is 1.50. The minimum atomic E-state index is -0.846. The summed E-state index contributed by atoms with van der Waals surface area (Å²) in [5, 5.41) is 8.90. The van der Waals surface area contributed by atoms with Crippen molar-refractivity contribution in [2.75, 3.05) is 19.6 Å². The van der Waals surface area contributed by atoms with Crippen LogP contribution in [0.25, 0.3) is 0 Å². The molecule has 1 fully saturated rings.